The minimum Gasteiger partial charge on any atom is -0.543 e. The fourth-order valence-corrected chi connectivity index (χ4v) is 2.60. The number of hydrogen-bond donors (Lipinski definition) is 0. The summed E-state index contributed by atoms with van der Waals surface area (Å²) in [6.45, 7) is 2.36. The van der Waals surface area contributed by atoms with E-state index in [4.69, 9.17) is 9.26 Å². The molecule has 108 valence electrons. The number of likely N-dealkylation sites (tertiary alicyclic amines) is 1. The van der Waals surface area contributed by atoms with Gasteiger partial charge in [-0.15, -0.1) is 0 Å². The summed E-state index contributed by atoms with van der Waals surface area (Å²) < 4.78 is 10.1. The van der Waals surface area contributed by atoms with Crippen molar-refractivity contribution in [1.29, 1.82) is 0 Å². The van der Waals surface area contributed by atoms with Crippen LogP contribution < -0.4 is 56.5 Å². The predicted octanol–water partition coefficient (Wildman–Crippen LogP) is -3.61. The Hall–Kier alpha value is -0.254. The first-order chi connectivity index (χ1) is 9.65. The molecule has 0 spiro atoms. The van der Waals surface area contributed by atoms with Gasteiger partial charge in [0.05, 0.1) is 25.1 Å². The van der Waals surface area contributed by atoms with Crippen molar-refractivity contribution in [2.45, 2.75) is 18.8 Å². The number of hydrogen-bond acceptors (Lipinski definition) is 6. The van der Waals surface area contributed by atoms with E-state index in [1.54, 1.807) is 0 Å². The molecule has 7 nitrogen and oxygen atoms in total. The molecule has 1 amide bonds. The molecule has 0 radical (unpaired) electrons. The van der Waals surface area contributed by atoms with Crippen LogP contribution in [0.1, 0.15) is 35.0 Å². The van der Waals surface area contributed by atoms with E-state index in [1.807, 2.05) is 4.90 Å². The van der Waals surface area contributed by atoms with Crippen LogP contribution in [0.25, 0.3) is 0 Å². The maximum atomic E-state index is 12.0. The van der Waals surface area contributed by atoms with Crippen molar-refractivity contribution in [2.75, 3.05) is 26.3 Å². The first-order valence-corrected chi connectivity index (χ1v) is 6.69. The van der Waals surface area contributed by atoms with Crippen LogP contribution in [0.2, 0.25) is 0 Å². The molecule has 0 unspecified atom stereocenters. The number of carbonyl (C=O) groups is 2. The Balaban J connectivity index is 0.00000161. The fourth-order valence-electron chi connectivity index (χ4n) is 2.60. The number of carboxylic acids is 1. The Morgan fingerprint density at radius 2 is 1.95 bits per heavy atom. The maximum absolute atomic E-state index is 12.0. The van der Waals surface area contributed by atoms with Crippen molar-refractivity contribution >= 4 is 11.9 Å². The molecule has 1 aromatic heterocycles. The monoisotopic (exact) mass is 318 g/mol. The third-order valence-electron chi connectivity index (χ3n) is 3.93. The molecular formula is C13H15KN2O5. The van der Waals surface area contributed by atoms with Gasteiger partial charge in [-0.3, -0.25) is 4.79 Å². The minimum absolute atomic E-state index is 0. The number of nitrogens with zero attached hydrogens (tertiary/aromatic N) is 2. The molecule has 0 bridgehead atoms. The molecule has 2 saturated heterocycles. The standard InChI is InChI=1S/C13H16N2O5.K/c16-12(9-6-19-7-9)15-3-1-8(2-4-15)11-5-10(13(17)18)14-20-11;/h5,8-9H,1-4,6-7H2,(H,17,18);/q;+1/p-1. The number of carboxylic acid groups (broad SMARTS) is 1. The summed E-state index contributed by atoms with van der Waals surface area (Å²) in [5.74, 6) is -0.498. The zero-order valence-electron chi connectivity index (χ0n) is 11.9. The van der Waals surface area contributed by atoms with E-state index in [-0.39, 0.29) is 74.8 Å². The van der Waals surface area contributed by atoms with Gasteiger partial charge in [0, 0.05) is 25.1 Å². The number of piperidine rings is 1. The second kappa shape index (κ2) is 7.34. The third kappa shape index (κ3) is 3.75. The van der Waals surface area contributed by atoms with E-state index in [9.17, 15) is 14.7 Å². The SMILES string of the molecule is O=C([O-])c1cc(C2CCN(C(=O)C3COC3)CC2)on1.[K+]. The first kappa shape index (κ1) is 17.1. The molecule has 2 aliphatic rings. The average Bonchev–Trinajstić information content (AvgIpc) is 2.86. The number of aromatic carboxylic acids is 1. The normalized spacial score (nSPS) is 19.7. The van der Waals surface area contributed by atoms with Gasteiger partial charge in [-0.1, -0.05) is 5.16 Å². The molecule has 0 aromatic carbocycles. The largest absolute Gasteiger partial charge is 1.00 e. The van der Waals surface area contributed by atoms with Gasteiger partial charge in [0.2, 0.25) is 5.91 Å². The molecule has 3 rings (SSSR count). The molecule has 2 aliphatic heterocycles. The van der Waals surface area contributed by atoms with Crippen LogP contribution >= 0.6 is 0 Å². The van der Waals surface area contributed by atoms with Gasteiger partial charge in [-0.25, -0.2) is 0 Å². The Morgan fingerprint density at radius 3 is 2.43 bits per heavy atom. The number of rotatable bonds is 3. The van der Waals surface area contributed by atoms with Gasteiger partial charge >= 0.3 is 51.4 Å². The molecule has 21 heavy (non-hydrogen) atoms. The van der Waals surface area contributed by atoms with Gasteiger partial charge in [-0.05, 0) is 12.8 Å². The maximum Gasteiger partial charge on any atom is 1.00 e. The zero-order valence-corrected chi connectivity index (χ0v) is 15.0. The third-order valence-corrected chi connectivity index (χ3v) is 3.93. The quantitative estimate of drug-likeness (QED) is 0.534. The molecule has 8 heteroatoms. The summed E-state index contributed by atoms with van der Waals surface area (Å²) in [4.78, 5) is 24.5. The fraction of sp³-hybridized carbons (Fsp3) is 0.615. The zero-order chi connectivity index (χ0) is 14.1. The number of aromatic nitrogens is 1. The number of carbonyl (C=O) groups excluding carboxylic acids is 2. The van der Waals surface area contributed by atoms with Gasteiger partial charge in [0.1, 0.15) is 11.5 Å². The van der Waals surface area contributed by atoms with Crippen molar-refractivity contribution in [1.82, 2.24) is 10.1 Å². The summed E-state index contributed by atoms with van der Waals surface area (Å²) in [7, 11) is 0. The summed E-state index contributed by atoms with van der Waals surface area (Å²) in [6, 6.07) is 1.41. The van der Waals surface area contributed by atoms with Crippen LogP contribution in [0.3, 0.4) is 0 Å². The van der Waals surface area contributed by atoms with Crippen molar-refractivity contribution in [3.05, 3.63) is 17.5 Å². The van der Waals surface area contributed by atoms with Crippen LogP contribution in [-0.4, -0.2) is 48.2 Å². The topological polar surface area (TPSA) is 95.7 Å². The van der Waals surface area contributed by atoms with Crippen molar-refractivity contribution < 1.29 is 75.3 Å². The van der Waals surface area contributed by atoms with Crippen molar-refractivity contribution in [3.8, 4) is 0 Å². The summed E-state index contributed by atoms with van der Waals surface area (Å²) >= 11 is 0. The molecule has 0 saturated carbocycles. The van der Waals surface area contributed by atoms with E-state index >= 15 is 0 Å². The molecule has 0 aliphatic carbocycles. The molecule has 0 atom stereocenters. The Morgan fingerprint density at radius 1 is 1.29 bits per heavy atom. The van der Waals surface area contributed by atoms with Gasteiger partial charge in [0.25, 0.3) is 0 Å². The second-order valence-corrected chi connectivity index (χ2v) is 5.24. The van der Waals surface area contributed by atoms with E-state index in [0.29, 0.717) is 32.1 Å². The number of ether oxygens (including phenoxy) is 1. The molecule has 1 aromatic rings. The van der Waals surface area contributed by atoms with Crippen LogP contribution in [0.4, 0.5) is 0 Å². The van der Waals surface area contributed by atoms with Gasteiger partial charge in [0.15, 0.2) is 0 Å². The molecule has 0 N–H and O–H groups in total. The Kier molecular flexibility index (Phi) is 5.98. The van der Waals surface area contributed by atoms with Crippen LogP contribution in [-0.2, 0) is 9.53 Å². The van der Waals surface area contributed by atoms with Crippen molar-refractivity contribution in [3.63, 3.8) is 0 Å². The van der Waals surface area contributed by atoms with E-state index in [2.05, 4.69) is 5.16 Å². The Labute approximate surface area is 164 Å². The van der Waals surface area contributed by atoms with Crippen LogP contribution in [0, 0.1) is 5.92 Å². The van der Waals surface area contributed by atoms with E-state index < -0.39 is 5.97 Å². The van der Waals surface area contributed by atoms with E-state index in [0.717, 1.165) is 12.8 Å². The van der Waals surface area contributed by atoms with Crippen molar-refractivity contribution in [2.24, 2.45) is 5.92 Å². The summed E-state index contributed by atoms with van der Waals surface area (Å²) in [5.41, 5.74) is -0.176. The van der Waals surface area contributed by atoms with Crippen LogP contribution in [0.15, 0.2) is 10.6 Å². The molecule has 3 heterocycles. The summed E-state index contributed by atoms with van der Waals surface area (Å²) in [6.07, 6.45) is 1.50. The summed E-state index contributed by atoms with van der Waals surface area (Å²) in [5, 5.41) is 14.1. The Bertz CT molecular complexity index is 520. The smallest absolute Gasteiger partial charge is 0.543 e. The average molecular weight is 318 g/mol. The molecular weight excluding hydrogens is 303 g/mol. The van der Waals surface area contributed by atoms with Gasteiger partial charge in [-0.2, -0.15) is 0 Å². The van der Waals surface area contributed by atoms with Gasteiger partial charge < -0.3 is 24.1 Å². The van der Waals surface area contributed by atoms with E-state index in [1.165, 1.54) is 6.07 Å². The first-order valence-electron chi connectivity index (χ1n) is 6.69. The number of amides is 1. The second-order valence-electron chi connectivity index (χ2n) is 5.24. The minimum atomic E-state index is -1.34. The van der Waals surface area contributed by atoms with Crippen LogP contribution in [0.5, 0.6) is 0 Å². The predicted molar refractivity (Wildman–Crippen MR) is 63.7 cm³/mol. The molecule has 2 fully saturated rings.